The molecule has 0 aliphatic heterocycles. The molecule has 0 saturated heterocycles. The van der Waals surface area contributed by atoms with Gasteiger partial charge in [0.2, 0.25) is 5.91 Å². The topological polar surface area (TPSA) is 29.1 Å². The van der Waals surface area contributed by atoms with Crippen LogP contribution in [0.4, 0.5) is 0 Å². The number of halogens is 1. The molecule has 2 unspecified atom stereocenters. The van der Waals surface area contributed by atoms with Crippen LogP contribution in [0, 0.1) is 5.92 Å². The fourth-order valence-electron chi connectivity index (χ4n) is 1.79. The fraction of sp³-hybridized carbons (Fsp3) is 0.533. The Morgan fingerprint density at radius 1 is 1.28 bits per heavy atom. The predicted octanol–water partition coefficient (Wildman–Crippen LogP) is 3.56. The van der Waals surface area contributed by atoms with Crippen LogP contribution in [0.3, 0.4) is 0 Å². The lowest BCUT2D eigenvalue weighted by atomic mass is 10.0. The van der Waals surface area contributed by atoms with Gasteiger partial charge in [-0.15, -0.1) is 11.6 Å². The minimum atomic E-state index is -0.0864. The number of carbonyl (C=O) groups excluding carboxylic acids is 1. The second-order valence-corrected chi connectivity index (χ2v) is 5.13. The van der Waals surface area contributed by atoms with E-state index in [4.69, 9.17) is 11.6 Å². The molecule has 100 valence electrons. The molecule has 0 heterocycles. The van der Waals surface area contributed by atoms with Gasteiger partial charge in [0, 0.05) is 12.4 Å². The summed E-state index contributed by atoms with van der Waals surface area (Å²) in [5.74, 6) is 1.22. The number of alkyl halides is 1. The normalized spacial score (nSPS) is 13.9. The molecular formula is C15H22ClNO. The Morgan fingerprint density at radius 3 is 2.56 bits per heavy atom. The van der Waals surface area contributed by atoms with Gasteiger partial charge in [-0.3, -0.25) is 4.79 Å². The molecule has 3 heteroatoms. The predicted molar refractivity (Wildman–Crippen MR) is 77.0 cm³/mol. The van der Waals surface area contributed by atoms with Crippen LogP contribution in [0.25, 0.3) is 0 Å². The summed E-state index contributed by atoms with van der Waals surface area (Å²) in [5.41, 5.74) is 1.06. The summed E-state index contributed by atoms with van der Waals surface area (Å²) in [4.78, 5) is 11.9. The van der Waals surface area contributed by atoms with Gasteiger partial charge in [0.05, 0.1) is 5.92 Å². The van der Waals surface area contributed by atoms with E-state index in [2.05, 4.69) is 12.2 Å². The van der Waals surface area contributed by atoms with Crippen LogP contribution in [-0.2, 0) is 4.79 Å². The van der Waals surface area contributed by atoms with Crippen molar-refractivity contribution in [3.05, 3.63) is 35.9 Å². The highest BCUT2D eigenvalue weighted by Gasteiger charge is 2.13. The number of amides is 1. The zero-order valence-electron chi connectivity index (χ0n) is 11.2. The minimum absolute atomic E-state index is 0.0864. The molecule has 2 atom stereocenters. The van der Waals surface area contributed by atoms with Crippen molar-refractivity contribution in [2.24, 2.45) is 5.92 Å². The van der Waals surface area contributed by atoms with E-state index in [9.17, 15) is 4.79 Å². The Labute approximate surface area is 115 Å². The number of hydrogen-bond donors (Lipinski definition) is 1. The van der Waals surface area contributed by atoms with E-state index in [1.54, 1.807) is 0 Å². The van der Waals surface area contributed by atoms with Crippen LogP contribution >= 0.6 is 11.6 Å². The van der Waals surface area contributed by atoms with Crippen molar-refractivity contribution >= 4 is 17.5 Å². The van der Waals surface area contributed by atoms with Gasteiger partial charge in [0.15, 0.2) is 0 Å². The molecule has 0 radical (unpaired) electrons. The molecule has 1 N–H and O–H groups in total. The van der Waals surface area contributed by atoms with Crippen molar-refractivity contribution in [2.45, 2.75) is 32.6 Å². The van der Waals surface area contributed by atoms with Gasteiger partial charge >= 0.3 is 0 Å². The highest BCUT2D eigenvalue weighted by molar-refractivity contribution is 6.18. The Balaban J connectivity index is 2.29. The lowest BCUT2D eigenvalue weighted by Crippen LogP contribution is -2.29. The van der Waals surface area contributed by atoms with E-state index in [0.717, 1.165) is 24.9 Å². The van der Waals surface area contributed by atoms with Crippen LogP contribution in [0.1, 0.15) is 38.2 Å². The number of hydrogen-bond acceptors (Lipinski definition) is 1. The van der Waals surface area contributed by atoms with Gasteiger partial charge in [-0.25, -0.2) is 0 Å². The molecular weight excluding hydrogens is 246 g/mol. The van der Waals surface area contributed by atoms with E-state index in [-0.39, 0.29) is 11.8 Å². The average Bonchev–Trinajstić information content (AvgIpc) is 2.43. The third kappa shape index (κ3) is 5.09. The molecule has 0 fully saturated rings. The zero-order chi connectivity index (χ0) is 13.4. The first-order valence-corrected chi connectivity index (χ1v) is 7.07. The zero-order valence-corrected chi connectivity index (χ0v) is 11.9. The van der Waals surface area contributed by atoms with E-state index in [1.165, 1.54) is 0 Å². The van der Waals surface area contributed by atoms with Crippen LogP contribution in [0.5, 0.6) is 0 Å². The smallest absolute Gasteiger partial charge is 0.227 e. The van der Waals surface area contributed by atoms with Gasteiger partial charge in [-0.1, -0.05) is 37.3 Å². The van der Waals surface area contributed by atoms with E-state index in [1.807, 2.05) is 37.3 Å². The van der Waals surface area contributed by atoms with Gasteiger partial charge in [0.1, 0.15) is 0 Å². The lowest BCUT2D eigenvalue weighted by Gasteiger charge is -2.13. The second-order valence-electron chi connectivity index (χ2n) is 4.83. The summed E-state index contributed by atoms with van der Waals surface area (Å²) in [5, 5.41) is 2.98. The Kier molecular flexibility index (Phi) is 6.81. The van der Waals surface area contributed by atoms with Gasteiger partial charge in [-0.05, 0) is 31.2 Å². The highest BCUT2D eigenvalue weighted by Crippen LogP contribution is 2.14. The third-order valence-corrected chi connectivity index (χ3v) is 3.66. The number of rotatable bonds is 7. The van der Waals surface area contributed by atoms with Crippen molar-refractivity contribution in [1.82, 2.24) is 5.32 Å². The third-order valence-electron chi connectivity index (χ3n) is 3.13. The molecule has 0 spiro atoms. The molecule has 2 nitrogen and oxygen atoms in total. The average molecular weight is 268 g/mol. The molecule has 0 aliphatic rings. The quantitative estimate of drug-likeness (QED) is 0.594. The first-order valence-electron chi connectivity index (χ1n) is 6.53. The highest BCUT2D eigenvalue weighted by atomic mass is 35.5. The van der Waals surface area contributed by atoms with Crippen molar-refractivity contribution in [2.75, 3.05) is 12.4 Å². The van der Waals surface area contributed by atoms with Gasteiger partial charge < -0.3 is 5.32 Å². The van der Waals surface area contributed by atoms with Crippen LogP contribution in [0.2, 0.25) is 0 Å². The molecule has 0 saturated carbocycles. The van der Waals surface area contributed by atoms with Crippen LogP contribution < -0.4 is 5.32 Å². The molecule has 18 heavy (non-hydrogen) atoms. The number of benzene rings is 1. The summed E-state index contributed by atoms with van der Waals surface area (Å²) >= 11 is 5.74. The first kappa shape index (κ1) is 15.0. The largest absolute Gasteiger partial charge is 0.356 e. The fourth-order valence-corrected chi connectivity index (χ4v) is 1.94. The molecule has 0 aromatic heterocycles. The minimum Gasteiger partial charge on any atom is -0.356 e. The summed E-state index contributed by atoms with van der Waals surface area (Å²) in [6.45, 7) is 4.80. The van der Waals surface area contributed by atoms with Crippen molar-refractivity contribution < 1.29 is 4.79 Å². The first-order chi connectivity index (χ1) is 8.65. The second kappa shape index (κ2) is 8.15. The monoisotopic (exact) mass is 267 g/mol. The molecule has 1 aromatic carbocycles. The maximum absolute atomic E-state index is 11.9. The van der Waals surface area contributed by atoms with Crippen LogP contribution in [0.15, 0.2) is 30.3 Å². The molecule has 1 rings (SSSR count). The Morgan fingerprint density at radius 2 is 1.94 bits per heavy atom. The van der Waals surface area contributed by atoms with Crippen LogP contribution in [-0.4, -0.2) is 18.3 Å². The Hall–Kier alpha value is -1.02. The maximum Gasteiger partial charge on any atom is 0.227 e. The van der Waals surface area contributed by atoms with E-state index in [0.29, 0.717) is 11.8 Å². The SMILES string of the molecule is CC(CCl)CCCNC(=O)C(C)c1ccccc1. The standard InChI is InChI=1S/C15H22ClNO/c1-12(11-16)7-6-10-17-15(18)13(2)14-8-4-3-5-9-14/h3-5,8-9,12-13H,6-7,10-11H2,1-2H3,(H,17,18). The van der Waals surface area contributed by atoms with E-state index >= 15 is 0 Å². The number of carbonyl (C=O) groups is 1. The Bertz CT molecular complexity index is 353. The molecule has 1 amide bonds. The maximum atomic E-state index is 11.9. The van der Waals surface area contributed by atoms with Gasteiger partial charge in [0.25, 0.3) is 0 Å². The summed E-state index contributed by atoms with van der Waals surface area (Å²) in [6, 6.07) is 9.85. The number of nitrogens with one attached hydrogen (secondary N) is 1. The van der Waals surface area contributed by atoms with E-state index < -0.39 is 0 Å². The summed E-state index contributed by atoms with van der Waals surface area (Å²) < 4.78 is 0. The van der Waals surface area contributed by atoms with Crippen molar-refractivity contribution in [3.8, 4) is 0 Å². The van der Waals surface area contributed by atoms with Crippen molar-refractivity contribution in [3.63, 3.8) is 0 Å². The molecule has 0 aliphatic carbocycles. The summed E-state index contributed by atoms with van der Waals surface area (Å²) in [6.07, 6.45) is 2.05. The van der Waals surface area contributed by atoms with Gasteiger partial charge in [-0.2, -0.15) is 0 Å². The van der Waals surface area contributed by atoms with Crippen molar-refractivity contribution in [1.29, 1.82) is 0 Å². The molecule has 1 aromatic rings. The lowest BCUT2D eigenvalue weighted by molar-refractivity contribution is -0.122. The summed E-state index contributed by atoms with van der Waals surface area (Å²) in [7, 11) is 0. The molecule has 0 bridgehead atoms.